The number of rotatable bonds is 8. The van der Waals surface area contributed by atoms with Crippen LogP contribution < -0.4 is 4.72 Å². The Morgan fingerprint density at radius 1 is 0.974 bits per heavy atom. The maximum Gasteiger partial charge on any atom is 0.270 e. The lowest BCUT2D eigenvalue weighted by Crippen LogP contribution is -2.14. The van der Waals surface area contributed by atoms with Crippen LogP contribution in [0.3, 0.4) is 0 Å². The lowest BCUT2D eigenvalue weighted by atomic mass is 10.2. The highest BCUT2D eigenvalue weighted by molar-refractivity contribution is 7.92. The molecule has 0 amide bonds. The third-order valence-corrected chi connectivity index (χ3v) is 7.34. The zero-order chi connectivity index (χ0) is 26.7. The standard InChI is InChI=1S/C28H23N5O4S/c1-20-11-14-24(15-12-20)38(36,37)31-25-16-13-23(33(34)35)17-22(25)18-29-28-30-26-9-5-6-10-27(26)32(28)19-21-7-3-2-4-8-21/h2-18,31H,19H2,1H3. The average molecular weight is 526 g/mol. The summed E-state index contributed by atoms with van der Waals surface area (Å²) in [4.78, 5) is 20.2. The van der Waals surface area contributed by atoms with Gasteiger partial charge in [-0.3, -0.25) is 14.8 Å². The highest BCUT2D eigenvalue weighted by Gasteiger charge is 2.18. The summed E-state index contributed by atoms with van der Waals surface area (Å²) in [6.45, 7) is 2.37. The number of benzene rings is 4. The van der Waals surface area contributed by atoms with Crippen LogP contribution >= 0.6 is 0 Å². The summed E-state index contributed by atoms with van der Waals surface area (Å²) in [6, 6.07) is 27.7. The molecule has 0 aliphatic carbocycles. The number of nitrogens with zero attached hydrogens (tertiary/aromatic N) is 4. The van der Waals surface area contributed by atoms with Gasteiger partial charge in [-0.25, -0.2) is 18.4 Å². The molecule has 4 aromatic carbocycles. The number of anilines is 1. The molecule has 0 aliphatic rings. The number of nitro groups is 1. The first-order valence-corrected chi connectivity index (χ1v) is 13.2. The Morgan fingerprint density at radius 3 is 2.42 bits per heavy atom. The number of non-ortho nitro benzene ring substituents is 1. The molecule has 0 fully saturated rings. The van der Waals surface area contributed by atoms with Crippen molar-refractivity contribution in [3.8, 4) is 0 Å². The summed E-state index contributed by atoms with van der Waals surface area (Å²) in [5, 5.41) is 11.5. The number of imidazole rings is 1. The fraction of sp³-hybridized carbons (Fsp3) is 0.0714. The minimum Gasteiger partial charge on any atom is -0.304 e. The Balaban J connectivity index is 1.55. The van der Waals surface area contributed by atoms with Crippen LogP contribution in [0, 0.1) is 17.0 Å². The van der Waals surface area contributed by atoms with Crippen molar-refractivity contribution in [1.82, 2.24) is 9.55 Å². The van der Waals surface area contributed by atoms with Crippen LogP contribution in [0.25, 0.3) is 11.0 Å². The van der Waals surface area contributed by atoms with E-state index >= 15 is 0 Å². The monoisotopic (exact) mass is 525 g/mol. The van der Waals surface area contributed by atoms with Crippen LogP contribution in [0.4, 0.5) is 17.3 Å². The van der Waals surface area contributed by atoms with Gasteiger partial charge in [-0.1, -0.05) is 60.2 Å². The molecule has 0 radical (unpaired) electrons. The summed E-state index contributed by atoms with van der Waals surface area (Å²) in [5.41, 5.74) is 3.79. The zero-order valence-electron chi connectivity index (χ0n) is 20.4. The van der Waals surface area contributed by atoms with Gasteiger partial charge in [0.1, 0.15) is 0 Å². The largest absolute Gasteiger partial charge is 0.304 e. The number of hydrogen-bond donors (Lipinski definition) is 1. The summed E-state index contributed by atoms with van der Waals surface area (Å²) >= 11 is 0. The molecule has 190 valence electrons. The molecule has 9 nitrogen and oxygen atoms in total. The Bertz CT molecular complexity index is 1760. The molecule has 1 heterocycles. The van der Waals surface area contributed by atoms with Crippen LogP contribution in [-0.4, -0.2) is 29.1 Å². The van der Waals surface area contributed by atoms with Crippen molar-refractivity contribution in [1.29, 1.82) is 0 Å². The van der Waals surface area contributed by atoms with E-state index in [9.17, 15) is 18.5 Å². The fourth-order valence-electron chi connectivity index (χ4n) is 4.00. The number of aryl methyl sites for hydroxylation is 1. The van der Waals surface area contributed by atoms with E-state index in [1.54, 1.807) is 12.1 Å². The second-order valence-corrected chi connectivity index (χ2v) is 10.4. The van der Waals surface area contributed by atoms with Gasteiger partial charge in [-0.15, -0.1) is 0 Å². The highest BCUT2D eigenvalue weighted by Crippen LogP contribution is 2.27. The topological polar surface area (TPSA) is 119 Å². The van der Waals surface area contributed by atoms with E-state index in [1.165, 1.54) is 36.5 Å². The summed E-state index contributed by atoms with van der Waals surface area (Å²) in [6.07, 6.45) is 1.39. The number of nitro benzene ring substituents is 1. The van der Waals surface area contributed by atoms with Gasteiger partial charge in [0.2, 0.25) is 5.95 Å². The molecule has 38 heavy (non-hydrogen) atoms. The van der Waals surface area contributed by atoms with E-state index in [-0.39, 0.29) is 21.8 Å². The van der Waals surface area contributed by atoms with E-state index in [1.807, 2.05) is 66.1 Å². The second kappa shape index (κ2) is 10.3. The molecule has 5 rings (SSSR count). The van der Waals surface area contributed by atoms with Gasteiger partial charge in [0, 0.05) is 23.9 Å². The molecule has 1 aromatic heterocycles. The van der Waals surface area contributed by atoms with Gasteiger partial charge in [0.05, 0.1) is 33.1 Å². The van der Waals surface area contributed by atoms with Gasteiger partial charge in [-0.05, 0) is 42.8 Å². The third-order valence-electron chi connectivity index (χ3n) is 5.96. The summed E-state index contributed by atoms with van der Waals surface area (Å²) < 4.78 is 30.5. The van der Waals surface area contributed by atoms with E-state index in [0.717, 1.165) is 22.2 Å². The van der Waals surface area contributed by atoms with Crippen molar-refractivity contribution in [3.05, 3.63) is 124 Å². The number of hydrogen-bond acceptors (Lipinski definition) is 6. The van der Waals surface area contributed by atoms with E-state index in [2.05, 4.69) is 14.7 Å². The Morgan fingerprint density at radius 2 is 1.68 bits per heavy atom. The molecule has 1 N–H and O–H groups in total. The summed E-state index contributed by atoms with van der Waals surface area (Å²) in [7, 11) is -3.94. The zero-order valence-corrected chi connectivity index (χ0v) is 21.2. The molecule has 5 aromatic rings. The molecule has 0 saturated heterocycles. The molecule has 10 heteroatoms. The Kier molecular flexibility index (Phi) is 6.71. The number of fused-ring (bicyclic) bond motifs is 1. The van der Waals surface area contributed by atoms with E-state index < -0.39 is 14.9 Å². The van der Waals surface area contributed by atoms with Gasteiger partial charge < -0.3 is 4.57 Å². The maximum absolute atomic E-state index is 13.0. The van der Waals surface area contributed by atoms with E-state index in [0.29, 0.717) is 12.5 Å². The van der Waals surface area contributed by atoms with Gasteiger partial charge in [0.25, 0.3) is 15.7 Å². The minimum absolute atomic E-state index is 0.0778. The molecular weight excluding hydrogens is 502 g/mol. The molecule has 0 aliphatic heterocycles. The molecular formula is C28H23N5O4S. The number of nitrogens with one attached hydrogen (secondary N) is 1. The van der Waals surface area contributed by atoms with Crippen LogP contribution in [0.2, 0.25) is 0 Å². The number of para-hydroxylation sites is 2. The smallest absolute Gasteiger partial charge is 0.270 e. The van der Waals surface area contributed by atoms with Crippen molar-refractivity contribution in [2.24, 2.45) is 4.99 Å². The lowest BCUT2D eigenvalue weighted by Gasteiger charge is -2.11. The Labute approximate surface area is 219 Å². The predicted octanol–water partition coefficient (Wildman–Crippen LogP) is 5.85. The molecule has 0 bridgehead atoms. The van der Waals surface area contributed by atoms with Crippen LogP contribution in [0.1, 0.15) is 16.7 Å². The van der Waals surface area contributed by atoms with Crippen molar-refractivity contribution in [2.75, 3.05) is 4.72 Å². The van der Waals surface area contributed by atoms with Crippen LogP contribution in [-0.2, 0) is 16.6 Å². The lowest BCUT2D eigenvalue weighted by molar-refractivity contribution is -0.384. The van der Waals surface area contributed by atoms with Crippen molar-refractivity contribution in [3.63, 3.8) is 0 Å². The van der Waals surface area contributed by atoms with Gasteiger partial charge >= 0.3 is 0 Å². The highest BCUT2D eigenvalue weighted by atomic mass is 32.2. The number of aliphatic imine (C=N–C) groups is 1. The average Bonchev–Trinajstić information content (AvgIpc) is 3.25. The maximum atomic E-state index is 13.0. The second-order valence-electron chi connectivity index (χ2n) is 8.68. The molecule has 0 atom stereocenters. The first kappa shape index (κ1) is 24.8. The third kappa shape index (κ3) is 5.30. The molecule has 0 unspecified atom stereocenters. The minimum atomic E-state index is -3.94. The Hall–Kier alpha value is -4.83. The first-order valence-electron chi connectivity index (χ1n) is 11.7. The van der Waals surface area contributed by atoms with Crippen molar-refractivity contribution >= 4 is 44.6 Å². The SMILES string of the molecule is Cc1ccc(S(=O)(=O)Nc2ccc([N+](=O)[O-])cc2C=Nc2nc3ccccc3n2Cc2ccccc2)cc1. The fourth-order valence-corrected chi connectivity index (χ4v) is 5.08. The number of aromatic nitrogens is 2. The van der Waals surface area contributed by atoms with Crippen molar-refractivity contribution < 1.29 is 13.3 Å². The quantitative estimate of drug-likeness (QED) is 0.155. The van der Waals surface area contributed by atoms with Crippen LogP contribution in [0.15, 0.2) is 107 Å². The molecule has 0 saturated carbocycles. The predicted molar refractivity (Wildman–Crippen MR) is 148 cm³/mol. The number of sulfonamides is 1. The van der Waals surface area contributed by atoms with Crippen LogP contribution in [0.5, 0.6) is 0 Å². The van der Waals surface area contributed by atoms with Crippen molar-refractivity contribution in [2.45, 2.75) is 18.4 Å². The normalized spacial score (nSPS) is 11.7. The molecule has 0 spiro atoms. The van der Waals surface area contributed by atoms with E-state index in [4.69, 9.17) is 0 Å². The van der Waals surface area contributed by atoms with Gasteiger partial charge in [-0.2, -0.15) is 0 Å². The summed E-state index contributed by atoms with van der Waals surface area (Å²) in [5.74, 6) is 0.383. The van der Waals surface area contributed by atoms with Gasteiger partial charge in [0.15, 0.2) is 0 Å². The first-order chi connectivity index (χ1) is 18.3.